The number of hydrogen-bond acceptors (Lipinski definition) is 3. The van der Waals surface area contributed by atoms with Gasteiger partial charge in [0.05, 0.1) is 0 Å². The first kappa shape index (κ1) is 15.3. The van der Waals surface area contributed by atoms with Gasteiger partial charge < -0.3 is 9.88 Å². The Bertz CT molecular complexity index is 506. The fraction of sp³-hybridized carbons (Fsp3) is 0.733. The van der Waals surface area contributed by atoms with Crippen molar-refractivity contribution in [2.24, 2.45) is 5.92 Å². The highest BCUT2D eigenvalue weighted by molar-refractivity contribution is 7.07. The second-order valence-corrected chi connectivity index (χ2v) is 6.65. The number of carbonyl (C=O) groups is 1. The van der Waals surface area contributed by atoms with Gasteiger partial charge in [0.2, 0.25) is 5.91 Å². The minimum absolute atomic E-state index is 0.0730. The summed E-state index contributed by atoms with van der Waals surface area (Å²) >= 11 is 1.23. The molecule has 2 rings (SSSR count). The largest absolute Gasteiger partial charge is 0.353 e. The quantitative estimate of drug-likeness (QED) is 0.908. The molecular formula is C15H24N2O2S. The van der Waals surface area contributed by atoms with E-state index in [2.05, 4.69) is 12.2 Å². The summed E-state index contributed by atoms with van der Waals surface area (Å²) in [5.41, 5.74) is 0.987. The van der Waals surface area contributed by atoms with Gasteiger partial charge in [-0.3, -0.25) is 9.59 Å². The molecule has 0 aromatic carbocycles. The van der Waals surface area contributed by atoms with Gasteiger partial charge in [-0.1, -0.05) is 31.1 Å². The zero-order chi connectivity index (χ0) is 14.5. The van der Waals surface area contributed by atoms with Crippen molar-refractivity contribution >= 4 is 17.2 Å². The minimum Gasteiger partial charge on any atom is -0.353 e. The van der Waals surface area contributed by atoms with Crippen LogP contribution in [0.4, 0.5) is 0 Å². The van der Waals surface area contributed by atoms with E-state index in [1.165, 1.54) is 30.6 Å². The molecule has 0 saturated heterocycles. The Balaban J connectivity index is 1.74. The summed E-state index contributed by atoms with van der Waals surface area (Å²) in [5, 5.41) is 5.02. The van der Waals surface area contributed by atoms with E-state index < -0.39 is 0 Å². The number of nitrogens with zero attached hydrogens (tertiary/aromatic N) is 1. The summed E-state index contributed by atoms with van der Waals surface area (Å²) in [5.74, 6) is 0.721. The number of rotatable bonds is 5. The van der Waals surface area contributed by atoms with E-state index >= 15 is 0 Å². The summed E-state index contributed by atoms with van der Waals surface area (Å²) in [6.45, 7) is 4.79. The summed E-state index contributed by atoms with van der Waals surface area (Å²) in [6.07, 6.45) is 6.06. The number of amides is 1. The Morgan fingerprint density at radius 3 is 2.85 bits per heavy atom. The molecule has 1 aromatic heterocycles. The van der Waals surface area contributed by atoms with Gasteiger partial charge in [-0.25, -0.2) is 0 Å². The normalized spacial score (nSPS) is 22.7. The number of thiazole rings is 1. The van der Waals surface area contributed by atoms with Crippen molar-refractivity contribution in [2.75, 3.05) is 0 Å². The molecule has 1 amide bonds. The predicted molar refractivity (Wildman–Crippen MR) is 82.1 cm³/mol. The molecule has 1 aliphatic rings. The Labute approximate surface area is 124 Å². The van der Waals surface area contributed by atoms with Gasteiger partial charge in [0.1, 0.15) is 0 Å². The van der Waals surface area contributed by atoms with Crippen LogP contribution in [0.3, 0.4) is 0 Å². The van der Waals surface area contributed by atoms with Crippen molar-refractivity contribution in [3.63, 3.8) is 0 Å². The zero-order valence-electron chi connectivity index (χ0n) is 12.4. The van der Waals surface area contributed by atoms with Crippen LogP contribution in [0.25, 0.3) is 0 Å². The second kappa shape index (κ2) is 7.07. The average Bonchev–Trinajstić information content (AvgIpc) is 2.73. The van der Waals surface area contributed by atoms with E-state index in [1.54, 1.807) is 4.57 Å². The van der Waals surface area contributed by atoms with Crippen LogP contribution in [0.5, 0.6) is 0 Å². The molecule has 20 heavy (non-hydrogen) atoms. The summed E-state index contributed by atoms with van der Waals surface area (Å²) in [4.78, 5) is 23.6. The van der Waals surface area contributed by atoms with Gasteiger partial charge in [0.15, 0.2) is 0 Å². The van der Waals surface area contributed by atoms with Crippen molar-refractivity contribution in [2.45, 2.75) is 65.0 Å². The average molecular weight is 296 g/mol. The van der Waals surface area contributed by atoms with Crippen molar-refractivity contribution in [3.8, 4) is 0 Å². The van der Waals surface area contributed by atoms with Crippen molar-refractivity contribution in [1.82, 2.24) is 9.88 Å². The summed E-state index contributed by atoms with van der Waals surface area (Å²) in [7, 11) is 0. The third kappa shape index (κ3) is 3.95. The van der Waals surface area contributed by atoms with Crippen molar-refractivity contribution in [3.05, 3.63) is 20.7 Å². The van der Waals surface area contributed by atoms with E-state index in [-0.39, 0.29) is 10.8 Å². The molecular weight excluding hydrogens is 272 g/mol. The molecule has 0 bridgehead atoms. The van der Waals surface area contributed by atoms with E-state index in [9.17, 15) is 9.59 Å². The fourth-order valence-corrected chi connectivity index (χ4v) is 3.64. The molecule has 1 fully saturated rings. The molecule has 1 heterocycles. The number of nitrogens with one attached hydrogen (secondary N) is 1. The standard InChI is InChI=1S/C15H24N2O2S/c1-11-6-3-4-7-13(11)16-14(18)8-5-9-17-12(2)10-20-15(17)19/h10-11,13H,3-9H2,1-2H3,(H,16,18)/t11-,13-/m1/s1. The first-order chi connectivity index (χ1) is 9.58. The Morgan fingerprint density at radius 2 is 2.20 bits per heavy atom. The highest BCUT2D eigenvalue weighted by atomic mass is 32.1. The van der Waals surface area contributed by atoms with E-state index in [0.29, 0.717) is 24.9 Å². The highest BCUT2D eigenvalue weighted by Gasteiger charge is 2.22. The number of aromatic nitrogens is 1. The first-order valence-corrected chi connectivity index (χ1v) is 8.40. The lowest BCUT2D eigenvalue weighted by Crippen LogP contribution is -2.41. The monoisotopic (exact) mass is 296 g/mol. The van der Waals surface area contributed by atoms with Crippen LogP contribution in [-0.2, 0) is 11.3 Å². The Hall–Kier alpha value is -1.10. The van der Waals surface area contributed by atoms with E-state index in [0.717, 1.165) is 18.5 Å². The first-order valence-electron chi connectivity index (χ1n) is 7.52. The van der Waals surface area contributed by atoms with Crippen LogP contribution in [0.2, 0.25) is 0 Å². The molecule has 0 aliphatic heterocycles. The lowest BCUT2D eigenvalue weighted by molar-refractivity contribution is -0.122. The van der Waals surface area contributed by atoms with Crippen LogP contribution in [0, 0.1) is 12.8 Å². The van der Waals surface area contributed by atoms with Gasteiger partial charge in [-0.2, -0.15) is 0 Å². The van der Waals surface area contributed by atoms with Crippen LogP contribution in [0.15, 0.2) is 10.2 Å². The van der Waals surface area contributed by atoms with Crippen LogP contribution in [-0.4, -0.2) is 16.5 Å². The molecule has 4 nitrogen and oxygen atoms in total. The molecule has 0 radical (unpaired) electrons. The second-order valence-electron chi connectivity index (χ2n) is 5.83. The van der Waals surface area contributed by atoms with Crippen LogP contribution >= 0.6 is 11.3 Å². The fourth-order valence-electron chi connectivity index (χ4n) is 2.88. The van der Waals surface area contributed by atoms with Gasteiger partial charge >= 0.3 is 4.87 Å². The molecule has 1 saturated carbocycles. The van der Waals surface area contributed by atoms with Crippen LogP contribution in [0.1, 0.15) is 51.1 Å². The smallest absolute Gasteiger partial charge is 0.307 e. The topological polar surface area (TPSA) is 51.1 Å². The molecule has 0 spiro atoms. The van der Waals surface area contributed by atoms with Gasteiger partial charge in [0, 0.05) is 30.1 Å². The molecule has 2 atom stereocenters. The number of carbonyl (C=O) groups excluding carboxylic acids is 1. The summed E-state index contributed by atoms with van der Waals surface area (Å²) in [6, 6.07) is 0.349. The SMILES string of the molecule is Cc1csc(=O)n1CCCC(=O)N[C@@H]1CCCC[C@H]1C. The predicted octanol–water partition coefficient (Wildman–Crippen LogP) is 2.69. The maximum Gasteiger partial charge on any atom is 0.307 e. The van der Waals surface area contributed by atoms with Crippen molar-refractivity contribution < 1.29 is 4.79 Å². The Kier molecular flexibility index (Phi) is 5.40. The maximum absolute atomic E-state index is 12.0. The summed E-state index contributed by atoms with van der Waals surface area (Å²) < 4.78 is 1.75. The highest BCUT2D eigenvalue weighted by Crippen LogP contribution is 2.23. The van der Waals surface area contributed by atoms with E-state index in [4.69, 9.17) is 0 Å². The molecule has 1 aliphatic carbocycles. The molecule has 0 unspecified atom stereocenters. The van der Waals surface area contributed by atoms with Gasteiger partial charge in [-0.05, 0) is 32.1 Å². The minimum atomic E-state index is 0.0730. The zero-order valence-corrected chi connectivity index (χ0v) is 13.2. The third-order valence-corrected chi connectivity index (χ3v) is 5.10. The van der Waals surface area contributed by atoms with Crippen LogP contribution < -0.4 is 10.2 Å². The van der Waals surface area contributed by atoms with E-state index in [1.807, 2.05) is 12.3 Å². The maximum atomic E-state index is 12.0. The number of aryl methyl sites for hydroxylation is 1. The lowest BCUT2D eigenvalue weighted by atomic mass is 9.86. The molecule has 1 N–H and O–H groups in total. The molecule has 5 heteroatoms. The molecule has 112 valence electrons. The van der Waals surface area contributed by atoms with Gasteiger partial charge in [-0.15, -0.1) is 0 Å². The third-order valence-electron chi connectivity index (χ3n) is 4.22. The van der Waals surface area contributed by atoms with Gasteiger partial charge in [0.25, 0.3) is 0 Å². The lowest BCUT2D eigenvalue weighted by Gasteiger charge is -2.29. The number of hydrogen-bond donors (Lipinski definition) is 1. The molecule has 1 aromatic rings. The Morgan fingerprint density at radius 1 is 1.45 bits per heavy atom. The van der Waals surface area contributed by atoms with Crippen molar-refractivity contribution in [1.29, 1.82) is 0 Å².